The molecular weight excluding hydrogens is 382 g/mol. The summed E-state index contributed by atoms with van der Waals surface area (Å²) in [5.41, 5.74) is 1.17. The Bertz CT molecular complexity index is 908. The molecule has 1 aromatic heterocycles. The first-order valence-corrected chi connectivity index (χ1v) is 9.13. The van der Waals surface area contributed by atoms with Crippen LogP contribution < -0.4 is 14.8 Å². The number of carbonyl (C=O) groups is 1. The minimum Gasteiger partial charge on any atom is -0.493 e. The van der Waals surface area contributed by atoms with Gasteiger partial charge in [0.2, 0.25) is 5.82 Å². The summed E-state index contributed by atoms with van der Waals surface area (Å²) in [4.78, 5) is 12.1. The topological polar surface area (TPSA) is 86.5 Å². The Labute approximate surface area is 167 Å². The van der Waals surface area contributed by atoms with E-state index in [0.29, 0.717) is 29.0 Å². The van der Waals surface area contributed by atoms with Crippen LogP contribution in [0.5, 0.6) is 11.5 Å². The largest absolute Gasteiger partial charge is 0.493 e. The summed E-state index contributed by atoms with van der Waals surface area (Å²) in [5, 5.41) is 10.9. The molecule has 1 N–H and O–H groups in total. The highest BCUT2D eigenvalue weighted by Crippen LogP contribution is 2.26. The number of nitrogens with zero attached hydrogens (tertiary/aromatic N) is 2. The molecule has 0 saturated heterocycles. The second-order valence-corrected chi connectivity index (χ2v) is 6.92. The highest BCUT2D eigenvalue weighted by Gasteiger charge is 2.15. The molecule has 8 heteroatoms. The van der Waals surface area contributed by atoms with Crippen molar-refractivity contribution in [3.8, 4) is 22.8 Å². The SMILES string of the molecule is CC(C)COc1ccc(-c2nonc2NC(=O)COc2ccc(Cl)cc2)cc1. The van der Waals surface area contributed by atoms with Crippen LogP contribution in [-0.4, -0.2) is 29.4 Å². The molecule has 3 rings (SSSR count). The maximum Gasteiger partial charge on any atom is 0.263 e. The van der Waals surface area contributed by atoms with Crippen LogP contribution in [-0.2, 0) is 4.79 Å². The van der Waals surface area contributed by atoms with Gasteiger partial charge in [-0.1, -0.05) is 25.4 Å². The summed E-state index contributed by atoms with van der Waals surface area (Å²) < 4.78 is 15.9. The minimum absolute atomic E-state index is 0.185. The van der Waals surface area contributed by atoms with E-state index in [1.54, 1.807) is 24.3 Å². The Hall–Kier alpha value is -3.06. The van der Waals surface area contributed by atoms with Crippen molar-refractivity contribution in [3.63, 3.8) is 0 Å². The number of rotatable bonds is 8. The smallest absolute Gasteiger partial charge is 0.263 e. The van der Waals surface area contributed by atoms with Gasteiger partial charge in [-0.2, -0.15) is 0 Å². The van der Waals surface area contributed by atoms with Crippen LogP contribution in [0, 0.1) is 5.92 Å². The van der Waals surface area contributed by atoms with E-state index < -0.39 is 0 Å². The monoisotopic (exact) mass is 401 g/mol. The molecule has 0 saturated carbocycles. The van der Waals surface area contributed by atoms with Crippen molar-refractivity contribution in [2.24, 2.45) is 5.92 Å². The molecule has 0 fully saturated rings. The maximum absolute atomic E-state index is 12.1. The fraction of sp³-hybridized carbons (Fsp3) is 0.250. The number of ether oxygens (including phenoxy) is 2. The molecule has 146 valence electrons. The first-order chi connectivity index (χ1) is 13.5. The van der Waals surface area contributed by atoms with Crippen LogP contribution in [0.1, 0.15) is 13.8 Å². The second kappa shape index (κ2) is 9.23. The molecular formula is C20H20ClN3O4. The third kappa shape index (κ3) is 5.47. The highest BCUT2D eigenvalue weighted by atomic mass is 35.5. The Morgan fingerprint density at radius 1 is 1.04 bits per heavy atom. The second-order valence-electron chi connectivity index (χ2n) is 6.48. The van der Waals surface area contributed by atoms with Gasteiger partial charge in [0.15, 0.2) is 12.3 Å². The molecule has 2 aromatic carbocycles. The van der Waals surface area contributed by atoms with Crippen LogP contribution in [0.4, 0.5) is 5.82 Å². The van der Waals surface area contributed by atoms with E-state index in [0.717, 1.165) is 11.3 Å². The maximum atomic E-state index is 12.1. The molecule has 0 aliphatic carbocycles. The van der Waals surface area contributed by atoms with Gasteiger partial charge < -0.3 is 14.8 Å². The molecule has 0 bridgehead atoms. The van der Waals surface area contributed by atoms with E-state index in [1.165, 1.54) is 0 Å². The molecule has 0 atom stereocenters. The van der Waals surface area contributed by atoms with Gasteiger partial charge in [-0.3, -0.25) is 4.79 Å². The van der Waals surface area contributed by atoms with Crippen LogP contribution in [0.2, 0.25) is 5.02 Å². The Morgan fingerprint density at radius 3 is 2.36 bits per heavy atom. The highest BCUT2D eigenvalue weighted by molar-refractivity contribution is 6.30. The first-order valence-electron chi connectivity index (χ1n) is 8.75. The number of hydrogen-bond acceptors (Lipinski definition) is 6. The van der Waals surface area contributed by atoms with Gasteiger partial charge in [-0.15, -0.1) is 0 Å². The van der Waals surface area contributed by atoms with Crippen molar-refractivity contribution in [1.82, 2.24) is 10.3 Å². The number of carbonyl (C=O) groups excluding carboxylic acids is 1. The fourth-order valence-electron chi connectivity index (χ4n) is 2.28. The lowest BCUT2D eigenvalue weighted by molar-refractivity contribution is -0.118. The normalized spacial score (nSPS) is 10.7. The molecule has 0 unspecified atom stereocenters. The van der Waals surface area contributed by atoms with Gasteiger partial charge in [-0.25, -0.2) is 4.63 Å². The lowest BCUT2D eigenvalue weighted by Gasteiger charge is -2.09. The minimum atomic E-state index is -0.385. The van der Waals surface area contributed by atoms with Crippen molar-refractivity contribution in [1.29, 1.82) is 0 Å². The molecule has 28 heavy (non-hydrogen) atoms. The number of amides is 1. The van der Waals surface area contributed by atoms with Gasteiger partial charge in [0.1, 0.15) is 11.5 Å². The number of halogens is 1. The molecule has 3 aromatic rings. The van der Waals surface area contributed by atoms with Crippen molar-refractivity contribution in [2.45, 2.75) is 13.8 Å². The van der Waals surface area contributed by atoms with Crippen LogP contribution in [0.25, 0.3) is 11.3 Å². The zero-order valence-electron chi connectivity index (χ0n) is 15.5. The van der Waals surface area contributed by atoms with E-state index in [1.807, 2.05) is 24.3 Å². The summed E-state index contributed by atoms with van der Waals surface area (Å²) >= 11 is 5.82. The van der Waals surface area contributed by atoms with Gasteiger partial charge >= 0.3 is 0 Å². The first kappa shape index (κ1) is 19.7. The van der Waals surface area contributed by atoms with E-state index in [9.17, 15) is 4.79 Å². The summed E-state index contributed by atoms with van der Waals surface area (Å²) in [6.45, 7) is 4.62. The zero-order valence-corrected chi connectivity index (χ0v) is 16.3. The predicted molar refractivity (Wildman–Crippen MR) is 106 cm³/mol. The zero-order chi connectivity index (χ0) is 19.9. The van der Waals surface area contributed by atoms with Gasteiger partial charge in [0.05, 0.1) is 6.61 Å². The van der Waals surface area contributed by atoms with Crippen LogP contribution in [0.3, 0.4) is 0 Å². The van der Waals surface area contributed by atoms with Crippen molar-refractivity contribution < 1.29 is 18.9 Å². The number of hydrogen-bond donors (Lipinski definition) is 1. The molecule has 0 spiro atoms. The summed E-state index contributed by atoms with van der Waals surface area (Å²) in [5.74, 6) is 1.58. The average molecular weight is 402 g/mol. The van der Waals surface area contributed by atoms with Crippen molar-refractivity contribution in [3.05, 3.63) is 53.6 Å². The van der Waals surface area contributed by atoms with E-state index >= 15 is 0 Å². The fourth-order valence-corrected chi connectivity index (χ4v) is 2.41. The molecule has 1 amide bonds. The van der Waals surface area contributed by atoms with Crippen molar-refractivity contribution >= 4 is 23.3 Å². The van der Waals surface area contributed by atoms with Crippen LogP contribution >= 0.6 is 11.6 Å². The standard InChI is InChI=1S/C20H20ClN3O4/c1-13(2)11-26-16-7-3-14(4-8-16)19-20(24-28-23-19)22-18(25)12-27-17-9-5-15(21)6-10-17/h3-10,13H,11-12H2,1-2H3,(H,22,24,25). The Balaban J connectivity index is 1.60. The van der Waals surface area contributed by atoms with E-state index in [2.05, 4.69) is 29.5 Å². The Morgan fingerprint density at radius 2 is 1.68 bits per heavy atom. The number of aromatic nitrogens is 2. The van der Waals surface area contributed by atoms with Crippen LogP contribution in [0.15, 0.2) is 53.2 Å². The molecule has 7 nitrogen and oxygen atoms in total. The quantitative estimate of drug-likeness (QED) is 0.600. The summed E-state index contributed by atoms with van der Waals surface area (Å²) in [6.07, 6.45) is 0. The summed E-state index contributed by atoms with van der Waals surface area (Å²) in [6, 6.07) is 14.1. The third-order valence-corrected chi connectivity index (χ3v) is 3.89. The molecule has 0 radical (unpaired) electrons. The number of anilines is 1. The number of benzene rings is 2. The predicted octanol–water partition coefficient (Wildman–Crippen LogP) is 4.44. The Kier molecular flexibility index (Phi) is 6.49. The van der Waals surface area contributed by atoms with E-state index in [-0.39, 0.29) is 18.3 Å². The van der Waals surface area contributed by atoms with Gasteiger partial charge in [-0.05, 0) is 64.8 Å². The van der Waals surface area contributed by atoms with Gasteiger partial charge in [0.25, 0.3) is 5.91 Å². The summed E-state index contributed by atoms with van der Waals surface area (Å²) in [7, 11) is 0. The molecule has 0 aliphatic heterocycles. The number of nitrogens with one attached hydrogen (secondary N) is 1. The molecule has 1 heterocycles. The van der Waals surface area contributed by atoms with Crippen molar-refractivity contribution in [2.75, 3.05) is 18.5 Å². The van der Waals surface area contributed by atoms with E-state index in [4.69, 9.17) is 25.7 Å². The lowest BCUT2D eigenvalue weighted by Crippen LogP contribution is -2.20. The lowest BCUT2D eigenvalue weighted by atomic mass is 10.1. The van der Waals surface area contributed by atoms with Gasteiger partial charge in [0, 0.05) is 10.6 Å². The average Bonchev–Trinajstić information content (AvgIpc) is 3.14. The molecule has 0 aliphatic rings. The third-order valence-electron chi connectivity index (χ3n) is 3.64.